The van der Waals surface area contributed by atoms with Gasteiger partial charge in [-0.2, -0.15) is 0 Å². The molecule has 1 N–H and O–H groups in total. The van der Waals surface area contributed by atoms with Gasteiger partial charge in [-0.05, 0) is 62.2 Å². The van der Waals surface area contributed by atoms with Gasteiger partial charge in [0.2, 0.25) is 0 Å². The maximum atomic E-state index is 5.64. The van der Waals surface area contributed by atoms with Crippen LogP contribution in [0.3, 0.4) is 0 Å². The summed E-state index contributed by atoms with van der Waals surface area (Å²) in [6, 6.07) is 15.2. The Balaban J connectivity index is 1.65. The van der Waals surface area contributed by atoms with Crippen LogP contribution in [0.4, 0.5) is 5.69 Å². The molecule has 1 aliphatic rings. The van der Waals surface area contributed by atoms with Crippen molar-refractivity contribution in [2.24, 2.45) is 0 Å². The number of hydrogen-bond acceptors (Lipinski definition) is 1. The largest absolute Gasteiger partial charge is 0.348 e. The Morgan fingerprint density at radius 3 is 2.57 bits per heavy atom. The average molecular weight is 324 g/mol. The predicted molar refractivity (Wildman–Crippen MR) is 102 cm³/mol. The molecule has 1 fully saturated rings. The molecule has 2 nitrogen and oxygen atoms in total. The molecule has 0 spiro atoms. The maximum Gasteiger partial charge on any atom is 0.173 e. The Hall–Kier alpha value is -1.87. The summed E-state index contributed by atoms with van der Waals surface area (Å²) in [5, 5.41) is 4.27. The van der Waals surface area contributed by atoms with Crippen LogP contribution in [0.25, 0.3) is 0 Å². The summed E-state index contributed by atoms with van der Waals surface area (Å²) in [5.41, 5.74) is 6.41. The van der Waals surface area contributed by atoms with Crippen molar-refractivity contribution in [2.45, 2.75) is 33.1 Å². The number of anilines is 1. The predicted octanol–water partition coefficient (Wildman–Crippen LogP) is 4.80. The average Bonchev–Trinajstić information content (AvgIpc) is 3.02. The molecule has 120 valence electrons. The monoisotopic (exact) mass is 324 g/mol. The zero-order chi connectivity index (χ0) is 16.4. The van der Waals surface area contributed by atoms with Gasteiger partial charge in [-0.1, -0.05) is 42.0 Å². The van der Waals surface area contributed by atoms with Crippen LogP contribution in [0, 0.1) is 20.8 Å². The number of nitrogens with one attached hydrogen (secondary N) is 1. The van der Waals surface area contributed by atoms with E-state index < -0.39 is 0 Å². The van der Waals surface area contributed by atoms with Crippen molar-refractivity contribution in [1.29, 1.82) is 0 Å². The van der Waals surface area contributed by atoms with Gasteiger partial charge in [0, 0.05) is 24.7 Å². The first-order valence-electron chi connectivity index (χ1n) is 8.23. The van der Waals surface area contributed by atoms with Gasteiger partial charge in [0.05, 0.1) is 0 Å². The summed E-state index contributed by atoms with van der Waals surface area (Å²) in [4.78, 5) is 2.29. The van der Waals surface area contributed by atoms with Crippen molar-refractivity contribution in [3.05, 3.63) is 64.7 Å². The van der Waals surface area contributed by atoms with Crippen molar-refractivity contribution in [1.82, 2.24) is 4.90 Å². The minimum Gasteiger partial charge on any atom is -0.348 e. The molecule has 0 bridgehead atoms. The molecular formula is C20H24N2S. The number of thiocarbonyl (C=S) groups is 1. The number of hydrogen-bond donors (Lipinski definition) is 1. The van der Waals surface area contributed by atoms with Crippen LogP contribution in [0.1, 0.15) is 34.6 Å². The molecule has 0 amide bonds. The maximum absolute atomic E-state index is 5.64. The van der Waals surface area contributed by atoms with E-state index in [9.17, 15) is 0 Å². The molecule has 0 unspecified atom stereocenters. The van der Waals surface area contributed by atoms with E-state index in [-0.39, 0.29) is 0 Å². The summed E-state index contributed by atoms with van der Waals surface area (Å²) in [6.45, 7) is 8.43. The first kappa shape index (κ1) is 16.0. The zero-order valence-corrected chi connectivity index (χ0v) is 14.9. The topological polar surface area (TPSA) is 15.3 Å². The third-order valence-electron chi connectivity index (χ3n) is 4.87. The standard InChI is InChI=1S/C20H24N2S/c1-14-7-9-17(10-8-14)18-11-12-22(13-18)20(23)21-19-6-4-5-15(2)16(19)3/h4-10,18H,11-13H2,1-3H3,(H,21,23)/t18-/m0/s1. The minimum absolute atomic E-state index is 0.578. The van der Waals surface area contributed by atoms with Gasteiger partial charge in [0.1, 0.15) is 0 Å². The molecule has 3 heteroatoms. The van der Waals surface area contributed by atoms with E-state index in [0.29, 0.717) is 5.92 Å². The van der Waals surface area contributed by atoms with E-state index in [4.69, 9.17) is 12.2 Å². The van der Waals surface area contributed by atoms with E-state index in [1.807, 2.05) is 0 Å². The fraction of sp³-hybridized carbons (Fsp3) is 0.350. The lowest BCUT2D eigenvalue weighted by molar-refractivity contribution is 0.518. The van der Waals surface area contributed by atoms with Crippen LogP contribution in [0.2, 0.25) is 0 Å². The summed E-state index contributed by atoms with van der Waals surface area (Å²) < 4.78 is 0. The molecule has 23 heavy (non-hydrogen) atoms. The summed E-state index contributed by atoms with van der Waals surface area (Å²) in [5.74, 6) is 0.578. The molecule has 0 saturated carbocycles. The van der Waals surface area contributed by atoms with Crippen LogP contribution >= 0.6 is 12.2 Å². The highest BCUT2D eigenvalue weighted by molar-refractivity contribution is 7.80. The Kier molecular flexibility index (Phi) is 4.67. The van der Waals surface area contributed by atoms with Crippen molar-refractivity contribution in [3.8, 4) is 0 Å². The lowest BCUT2D eigenvalue weighted by Crippen LogP contribution is -2.32. The summed E-state index contributed by atoms with van der Waals surface area (Å²) in [7, 11) is 0. The van der Waals surface area contributed by atoms with Gasteiger partial charge < -0.3 is 10.2 Å². The second kappa shape index (κ2) is 6.71. The number of likely N-dealkylation sites (tertiary alicyclic amines) is 1. The molecule has 1 heterocycles. The van der Waals surface area contributed by atoms with E-state index in [1.54, 1.807) is 0 Å². The van der Waals surface area contributed by atoms with E-state index in [1.165, 1.54) is 22.3 Å². The van der Waals surface area contributed by atoms with Crippen LogP contribution in [0.15, 0.2) is 42.5 Å². The third-order valence-corrected chi connectivity index (χ3v) is 5.23. The molecule has 1 aliphatic heterocycles. The Bertz CT molecular complexity index is 706. The summed E-state index contributed by atoms with van der Waals surface area (Å²) in [6.07, 6.45) is 1.16. The second-order valence-corrected chi connectivity index (χ2v) is 6.91. The number of benzene rings is 2. The molecular weight excluding hydrogens is 300 g/mol. The Morgan fingerprint density at radius 1 is 1.09 bits per heavy atom. The highest BCUT2D eigenvalue weighted by atomic mass is 32.1. The number of aryl methyl sites for hydroxylation is 2. The molecule has 0 aromatic heterocycles. The highest BCUT2D eigenvalue weighted by Crippen LogP contribution is 2.28. The number of nitrogens with zero attached hydrogens (tertiary/aromatic N) is 1. The van der Waals surface area contributed by atoms with Crippen molar-refractivity contribution in [2.75, 3.05) is 18.4 Å². The van der Waals surface area contributed by atoms with E-state index in [2.05, 4.69) is 73.5 Å². The fourth-order valence-electron chi connectivity index (χ4n) is 3.14. The zero-order valence-electron chi connectivity index (χ0n) is 14.1. The van der Waals surface area contributed by atoms with Crippen LogP contribution < -0.4 is 5.32 Å². The first-order valence-corrected chi connectivity index (χ1v) is 8.64. The SMILES string of the molecule is Cc1ccc([C@H]2CCN(C(=S)Nc3cccc(C)c3C)C2)cc1. The summed E-state index contributed by atoms with van der Waals surface area (Å²) >= 11 is 5.64. The smallest absolute Gasteiger partial charge is 0.173 e. The van der Waals surface area contributed by atoms with Gasteiger partial charge >= 0.3 is 0 Å². The van der Waals surface area contributed by atoms with Gasteiger partial charge in [0.25, 0.3) is 0 Å². The lowest BCUT2D eigenvalue weighted by atomic mass is 9.98. The van der Waals surface area contributed by atoms with Crippen LogP contribution in [-0.2, 0) is 0 Å². The molecule has 2 aromatic carbocycles. The van der Waals surface area contributed by atoms with Crippen LogP contribution in [0.5, 0.6) is 0 Å². The number of rotatable bonds is 2. The van der Waals surface area contributed by atoms with Gasteiger partial charge in [-0.3, -0.25) is 0 Å². The Morgan fingerprint density at radius 2 is 1.83 bits per heavy atom. The minimum atomic E-state index is 0.578. The van der Waals surface area contributed by atoms with E-state index in [0.717, 1.165) is 30.3 Å². The van der Waals surface area contributed by atoms with Gasteiger partial charge in [-0.25, -0.2) is 0 Å². The van der Waals surface area contributed by atoms with E-state index >= 15 is 0 Å². The van der Waals surface area contributed by atoms with Gasteiger partial charge in [-0.15, -0.1) is 0 Å². The Labute approximate surface area is 144 Å². The fourth-order valence-corrected chi connectivity index (χ4v) is 3.41. The lowest BCUT2D eigenvalue weighted by Gasteiger charge is -2.22. The molecule has 0 aliphatic carbocycles. The second-order valence-electron chi connectivity index (χ2n) is 6.52. The molecule has 0 radical (unpaired) electrons. The third kappa shape index (κ3) is 3.56. The van der Waals surface area contributed by atoms with Crippen LogP contribution in [-0.4, -0.2) is 23.1 Å². The van der Waals surface area contributed by atoms with Crippen molar-refractivity contribution in [3.63, 3.8) is 0 Å². The quantitative estimate of drug-likeness (QED) is 0.799. The molecule has 2 aromatic rings. The molecule has 3 rings (SSSR count). The van der Waals surface area contributed by atoms with Gasteiger partial charge in [0.15, 0.2) is 5.11 Å². The molecule has 1 atom stereocenters. The first-order chi connectivity index (χ1) is 11.0. The van der Waals surface area contributed by atoms with Crippen molar-refractivity contribution < 1.29 is 0 Å². The normalized spacial score (nSPS) is 17.3. The van der Waals surface area contributed by atoms with Crippen molar-refractivity contribution >= 4 is 23.0 Å². The molecule has 1 saturated heterocycles. The highest BCUT2D eigenvalue weighted by Gasteiger charge is 2.25.